The number of benzene rings is 1. The van der Waals surface area contributed by atoms with Gasteiger partial charge < -0.3 is 14.2 Å². The number of amides is 1. The van der Waals surface area contributed by atoms with Crippen LogP contribution in [0.25, 0.3) is 5.57 Å². The van der Waals surface area contributed by atoms with Crippen LogP contribution in [-0.2, 0) is 15.7 Å². The third kappa shape index (κ3) is 6.66. The Balaban J connectivity index is 1.80. The number of hydrogen-bond acceptors (Lipinski definition) is 5. The highest BCUT2D eigenvalue weighted by molar-refractivity contribution is 5.75. The summed E-state index contributed by atoms with van der Waals surface area (Å²) in [5.41, 5.74) is -2.48. The predicted octanol–water partition coefficient (Wildman–Crippen LogP) is 6.97. The smallest absolute Gasteiger partial charge is 0.422 e. The second kappa shape index (κ2) is 10.4. The molecule has 2 aromatic rings. The number of pyridine rings is 1. The normalized spacial score (nSPS) is 22.1. The van der Waals surface area contributed by atoms with Crippen molar-refractivity contribution in [2.45, 2.75) is 63.2 Å². The Morgan fingerprint density at radius 2 is 1.82 bits per heavy atom. The molecule has 0 N–H and O–H groups in total. The first-order valence-electron chi connectivity index (χ1n) is 12.3. The second-order valence-electron chi connectivity index (χ2n) is 10.5. The number of alkyl halides is 6. The van der Waals surface area contributed by atoms with Crippen molar-refractivity contribution >= 4 is 11.7 Å². The first-order valence-corrected chi connectivity index (χ1v) is 12.3. The lowest BCUT2D eigenvalue weighted by atomic mass is 9.80. The van der Waals surface area contributed by atoms with E-state index >= 15 is 0 Å². The summed E-state index contributed by atoms with van der Waals surface area (Å²) in [6.45, 7) is 3.58. The minimum Gasteiger partial charge on any atom is -0.468 e. The lowest BCUT2D eigenvalue weighted by Crippen LogP contribution is -2.53. The molecule has 0 bridgehead atoms. The van der Waals surface area contributed by atoms with Gasteiger partial charge in [0.1, 0.15) is 11.2 Å². The number of halogens is 6. The fourth-order valence-corrected chi connectivity index (χ4v) is 4.82. The van der Waals surface area contributed by atoms with Gasteiger partial charge in [-0.15, -0.1) is 0 Å². The summed E-state index contributed by atoms with van der Waals surface area (Å²) in [7, 11) is 0. The molecule has 1 fully saturated rings. The number of hydrogen-bond donors (Lipinski definition) is 0. The van der Waals surface area contributed by atoms with E-state index in [1.165, 1.54) is 4.90 Å². The standard InChI is InChI=1S/C27H28F6N2O4/c1-24(2,3)39-23(36)35-11-7-10-25(21(35)17-8-5-4-6-9-17)13-18(15-38-25)20-12-19(27(31,32)33)14-34-22(20)37-16-26(28,29)30/h4-6,8-9,12-14,21H,7,10-11,15-16H2,1-3H3/t21-,25+/m0/s1. The fraction of sp³-hybridized carbons (Fsp3) is 0.481. The molecule has 1 saturated heterocycles. The van der Waals surface area contributed by atoms with Crippen molar-refractivity contribution in [3.63, 3.8) is 0 Å². The van der Waals surface area contributed by atoms with Crippen LogP contribution in [0, 0.1) is 0 Å². The first kappa shape index (κ1) is 28.7. The van der Waals surface area contributed by atoms with E-state index < -0.39 is 53.7 Å². The van der Waals surface area contributed by atoms with Gasteiger partial charge in [0.05, 0.1) is 18.2 Å². The third-order valence-electron chi connectivity index (χ3n) is 6.30. The average Bonchev–Trinajstić information content (AvgIpc) is 3.24. The van der Waals surface area contributed by atoms with Gasteiger partial charge in [-0.1, -0.05) is 30.3 Å². The molecule has 212 valence electrons. The maximum atomic E-state index is 13.5. The minimum absolute atomic E-state index is 0.178. The van der Waals surface area contributed by atoms with Crippen molar-refractivity contribution in [1.82, 2.24) is 9.88 Å². The molecule has 0 radical (unpaired) electrons. The maximum absolute atomic E-state index is 13.5. The highest BCUT2D eigenvalue weighted by Crippen LogP contribution is 2.49. The van der Waals surface area contributed by atoms with Crippen LogP contribution >= 0.6 is 0 Å². The Bertz CT molecular complexity index is 1220. The van der Waals surface area contributed by atoms with E-state index in [9.17, 15) is 31.1 Å². The van der Waals surface area contributed by atoms with Gasteiger partial charge in [0.15, 0.2) is 6.61 Å². The lowest BCUT2D eigenvalue weighted by Gasteiger charge is -2.47. The number of aromatic nitrogens is 1. The van der Waals surface area contributed by atoms with Crippen LogP contribution in [0.1, 0.15) is 56.3 Å². The molecule has 2 aliphatic rings. The molecule has 39 heavy (non-hydrogen) atoms. The van der Waals surface area contributed by atoms with Crippen molar-refractivity contribution in [3.8, 4) is 5.88 Å². The van der Waals surface area contributed by atoms with E-state index in [0.29, 0.717) is 37.2 Å². The summed E-state index contributed by atoms with van der Waals surface area (Å²) in [5, 5.41) is 0. The van der Waals surface area contributed by atoms with E-state index in [0.717, 1.165) is 0 Å². The highest BCUT2D eigenvalue weighted by atomic mass is 19.4. The summed E-state index contributed by atoms with van der Waals surface area (Å²) in [6.07, 6.45) is -7.19. The predicted molar refractivity (Wildman–Crippen MR) is 129 cm³/mol. The molecule has 1 spiro atoms. The van der Waals surface area contributed by atoms with E-state index in [2.05, 4.69) is 4.98 Å². The van der Waals surface area contributed by atoms with Crippen LogP contribution in [0.4, 0.5) is 31.1 Å². The Morgan fingerprint density at radius 3 is 2.44 bits per heavy atom. The molecule has 2 atom stereocenters. The van der Waals surface area contributed by atoms with Crippen LogP contribution < -0.4 is 4.74 Å². The van der Waals surface area contributed by atoms with Gasteiger partial charge in [0, 0.05) is 18.3 Å². The molecule has 4 rings (SSSR count). The Kier molecular flexibility index (Phi) is 7.63. The Labute approximate surface area is 221 Å². The van der Waals surface area contributed by atoms with Crippen molar-refractivity contribution in [1.29, 1.82) is 0 Å². The number of likely N-dealkylation sites (tertiary alicyclic amines) is 1. The monoisotopic (exact) mass is 558 g/mol. The van der Waals surface area contributed by atoms with Gasteiger partial charge in [-0.25, -0.2) is 9.78 Å². The molecule has 6 nitrogen and oxygen atoms in total. The van der Waals surface area contributed by atoms with Gasteiger partial charge >= 0.3 is 18.4 Å². The second-order valence-corrected chi connectivity index (χ2v) is 10.5. The van der Waals surface area contributed by atoms with Gasteiger partial charge in [-0.3, -0.25) is 4.90 Å². The van der Waals surface area contributed by atoms with E-state index in [1.807, 2.05) is 0 Å². The molecular formula is C27H28F6N2O4. The molecule has 1 aromatic carbocycles. The fourth-order valence-electron chi connectivity index (χ4n) is 4.82. The van der Waals surface area contributed by atoms with Crippen molar-refractivity contribution in [2.24, 2.45) is 0 Å². The number of ether oxygens (including phenoxy) is 3. The first-order chi connectivity index (χ1) is 18.1. The molecule has 1 amide bonds. The Morgan fingerprint density at radius 1 is 1.13 bits per heavy atom. The van der Waals surface area contributed by atoms with Crippen LogP contribution in [0.15, 0.2) is 48.7 Å². The minimum atomic E-state index is -4.78. The largest absolute Gasteiger partial charge is 0.468 e. The molecule has 0 unspecified atom stereocenters. The number of piperidine rings is 1. The van der Waals surface area contributed by atoms with Crippen LogP contribution in [0.5, 0.6) is 5.88 Å². The van der Waals surface area contributed by atoms with Crippen molar-refractivity contribution in [3.05, 3.63) is 65.4 Å². The van der Waals surface area contributed by atoms with Crippen molar-refractivity contribution in [2.75, 3.05) is 19.8 Å². The molecule has 12 heteroatoms. The molecule has 2 aliphatic heterocycles. The van der Waals surface area contributed by atoms with Gasteiger partial charge in [0.25, 0.3) is 0 Å². The summed E-state index contributed by atoms with van der Waals surface area (Å²) in [5.74, 6) is -0.594. The highest BCUT2D eigenvalue weighted by Gasteiger charge is 2.50. The van der Waals surface area contributed by atoms with Gasteiger partial charge in [0.2, 0.25) is 5.88 Å². The van der Waals surface area contributed by atoms with E-state index in [4.69, 9.17) is 14.2 Å². The summed E-state index contributed by atoms with van der Waals surface area (Å²) in [6, 6.07) is 8.96. The molecule has 1 aromatic heterocycles. The zero-order valence-electron chi connectivity index (χ0n) is 21.5. The molecule has 0 saturated carbocycles. The van der Waals surface area contributed by atoms with Crippen LogP contribution in [0.2, 0.25) is 0 Å². The van der Waals surface area contributed by atoms with Gasteiger partial charge in [-0.2, -0.15) is 26.3 Å². The van der Waals surface area contributed by atoms with E-state index in [1.54, 1.807) is 57.2 Å². The van der Waals surface area contributed by atoms with Crippen LogP contribution in [0.3, 0.4) is 0 Å². The number of carbonyl (C=O) groups excluding carboxylic acids is 1. The zero-order chi connectivity index (χ0) is 28.6. The van der Waals surface area contributed by atoms with Crippen LogP contribution in [-0.4, -0.2) is 53.1 Å². The lowest BCUT2D eigenvalue weighted by molar-refractivity contribution is -0.154. The summed E-state index contributed by atoms with van der Waals surface area (Å²) in [4.78, 5) is 18.3. The SMILES string of the molecule is CC(C)(C)OC(=O)N1CCC[C@@]2(C=C(c3cc(C(F)(F)F)cnc3OCC(F)(F)F)CO2)[C@@H]1c1ccccc1. The topological polar surface area (TPSA) is 60.9 Å². The molecular weight excluding hydrogens is 530 g/mol. The molecule has 0 aliphatic carbocycles. The number of rotatable bonds is 4. The summed E-state index contributed by atoms with van der Waals surface area (Å²) >= 11 is 0. The summed E-state index contributed by atoms with van der Waals surface area (Å²) < 4.78 is 95.7. The quantitative estimate of drug-likeness (QED) is 0.380. The van der Waals surface area contributed by atoms with Gasteiger partial charge in [-0.05, 0) is 56.9 Å². The Hall–Kier alpha value is -3.28. The zero-order valence-corrected chi connectivity index (χ0v) is 21.5. The third-order valence-corrected chi connectivity index (χ3v) is 6.30. The maximum Gasteiger partial charge on any atom is 0.422 e. The number of nitrogens with zero attached hydrogens (tertiary/aromatic N) is 2. The molecule has 3 heterocycles. The van der Waals surface area contributed by atoms with E-state index in [-0.39, 0.29) is 17.7 Å². The number of carbonyl (C=O) groups is 1. The average molecular weight is 559 g/mol. The van der Waals surface area contributed by atoms with Crippen molar-refractivity contribution < 1.29 is 45.3 Å².